The lowest BCUT2D eigenvalue weighted by atomic mass is 10.2. The number of carbonyl (C=O) groups is 2. The van der Waals surface area contributed by atoms with Crippen LogP contribution >= 0.6 is 0 Å². The molecular weight excluding hydrogens is 372 g/mol. The minimum atomic E-state index is -4.13. The summed E-state index contributed by atoms with van der Waals surface area (Å²) in [5.74, 6) is -1.86. The predicted octanol–water partition coefficient (Wildman–Crippen LogP) is 1.72. The average molecular weight is 390 g/mol. The number of ether oxygens (including phenoxy) is 1. The second-order valence-electron chi connectivity index (χ2n) is 5.44. The molecular formula is C18H18N2O6S. The Kier molecular flexibility index (Phi) is 5.86. The normalized spacial score (nSPS) is 11.3. The van der Waals surface area contributed by atoms with Crippen molar-refractivity contribution in [3.8, 4) is 5.75 Å². The molecule has 8 nitrogen and oxygen atoms in total. The van der Waals surface area contributed by atoms with Crippen molar-refractivity contribution in [1.29, 1.82) is 0 Å². The maximum Gasteiger partial charge on any atom is 0.328 e. The van der Waals surface area contributed by atoms with Gasteiger partial charge in [0.25, 0.3) is 15.9 Å². The number of hydrogen-bond acceptors (Lipinski definition) is 5. The third-order valence-electron chi connectivity index (χ3n) is 3.75. The Bertz CT molecular complexity index is 1010. The molecule has 0 spiro atoms. The van der Waals surface area contributed by atoms with Crippen LogP contribution in [-0.2, 0) is 14.8 Å². The molecule has 1 amide bonds. The van der Waals surface area contributed by atoms with E-state index < -0.39 is 21.9 Å². The molecule has 0 bridgehead atoms. The smallest absolute Gasteiger partial charge is 0.328 e. The number of sulfonamides is 1. The standard InChI is InChI=1S/C18H18N2O6S/c1-20(14-6-4-3-5-13(14)18(19)23)27(24,25)16-11-12(8-10-17(21)22)7-9-15(16)26-2/h3-11H,1-2H3,(H2,19,23)(H,21,22). The Morgan fingerprint density at radius 1 is 1.19 bits per heavy atom. The number of carbonyl (C=O) groups excluding carboxylic acids is 1. The van der Waals surface area contributed by atoms with Crippen LogP contribution in [0.1, 0.15) is 15.9 Å². The highest BCUT2D eigenvalue weighted by Gasteiger charge is 2.27. The molecule has 9 heteroatoms. The van der Waals surface area contributed by atoms with Gasteiger partial charge in [-0.05, 0) is 35.9 Å². The number of para-hydroxylation sites is 1. The number of aliphatic carboxylic acids is 1. The van der Waals surface area contributed by atoms with Crippen LogP contribution in [0.3, 0.4) is 0 Å². The number of nitrogens with zero attached hydrogens (tertiary/aromatic N) is 1. The number of carboxylic acids is 1. The zero-order valence-corrected chi connectivity index (χ0v) is 15.4. The zero-order chi connectivity index (χ0) is 20.2. The minimum absolute atomic E-state index is 0.0458. The highest BCUT2D eigenvalue weighted by molar-refractivity contribution is 7.93. The van der Waals surface area contributed by atoms with Gasteiger partial charge in [0.1, 0.15) is 10.6 Å². The topological polar surface area (TPSA) is 127 Å². The van der Waals surface area contributed by atoms with Crippen LogP contribution in [0.15, 0.2) is 53.4 Å². The van der Waals surface area contributed by atoms with Gasteiger partial charge in [-0.25, -0.2) is 13.2 Å². The van der Waals surface area contributed by atoms with E-state index in [1.165, 1.54) is 50.6 Å². The quantitative estimate of drug-likeness (QED) is 0.693. The molecule has 0 saturated carbocycles. The van der Waals surface area contributed by atoms with Crippen LogP contribution in [0.2, 0.25) is 0 Å². The SMILES string of the molecule is COc1ccc(C=CC(=O)O)cc1S(=O)(=O)N(C)c1ccccc1C(N)=O. The molecule has 0 heterocycles. The summed E-state index contributed by atoms with van der Waals surface area (Å²) in [6.45, 7) is 0. The van der Waals surface area contributed by atoms with Gasteiger partial charge in [-0.2, -0.15) is 0 Å². The molecule has 2 aromatic carbocycles. The highest BCUT2D eigenvalue weighted by atomic mass is 32.2. The molecule has 0 atom stereocenters. The van der Waals surface area contributed by atoms with E-state index in [1.807, 2.05) is 0 Å². The Morgan fingerprint density at radius 3 is 2.44 bits per heavy atom. The number of benzene rings is 2. The van der Waals surface area contributed by atoms with Gasteiger partial charge in [0.2, 0.25) is 0 Å². The number of nitrogens with two attached hydrogens (primary N) is 1. The van der Waals surface area contributed by atoms with E-state index in [0.29, 0.717) is 5.56 Å². The summed E-state index contributed by atoms with van der Waals surface area (Å²) >= 11 is 0. The third-order valence-corrected chi connectivity index (χ3v) is 5.55. The van der Waals surface area contributed by atoms with Crippen LogP contribution in [0.4, 0.5) is 5.69 Å². The molecule has 0 aromatic heterocycles. The van der Waals surface area contributed by atoms with Crippen LogP contribution < -0.4 is 14.8 Å². The van der Waals surface area contributed by atoms with Gasteiger partial charge in [0.05, 0.1) is 18.4 Å². The maximum absolute atomic E-state index is 13.1. The lowest BCUT2D eigenvalue weighted by Crippen LogP contribution is -2.29. The number of primary amides is 1. The molecule has 0 unspecified atom stereocenters. The number of hydrogen-bond donors (Lipinski definition) is 2. The van der Waals surface area contributed by atoms with E-state index in [0.717, 1.165) is 10.4 Å². The van der Waals surface area contributed by atoms with E-state index in [4.69, 9.17) is 15.6 Å². The van der Waals surface area contributed by atoms with Gasteiger partial charge < -0.3 is 15.6 Å². The summed E-state index contributed by atoms with van der Waals surface area (Å²) in [6, 6.07) is 10.3. The molecule has 27 heavy (non-hydrogen) atoms. The van der Waals surface area contributed by atoms with Crippen LogP contribution in [0.25, 0.3) is 6.08 Å². The van der Waals surface area contributed by atoms with Crippen molar-refractivity contribution in [3.05, 3.63) is 59.7 Å². The maximum atomic E-state index is 13.1. The molecule has 2 aromatic rings. The van der Waals surface area contributed by atoms with Crippen LogP contribution in [0, 0.1) is 0 Å². The molecule has 0 aliphatic rings. The second kappa shape index (κ2) is 7.92. The molecule has 0 aliphatic carbocycles. The number of rotatable bonds is 7. The Morgan fingerprint density at radius 2 is 1.85 bits per heavy atom. The van der Waals surface area contributed by atoms with E-state index in [2.05, 4.69) is 0 Å². The van der Waals surface area contributed by atoms with Gasteiger partial charge in [-0.3, -0.25) is 9.10 Å². The lowest BCUT2D eigenvalue weighted by Gasteiger charge is -2.22. The summed E-state index contributed by atoms with van der Waals surface area (Å²) in [5, 5.41) is 8.74. The summed E-state index contributed by atoms with van der Waals surface area (Å²) in [4.78, 5) is 22.1. The first-order chi connectivity index (χ1) is 12.7. The predicted molar refractivity (Wildman–Crippen MR) is 100 cm³/mol. The molecule has 2 rings (SSSR count). The average Bonchev–Trinajstić information content (AvgIpc) is 2.65. The number of methoxy groups -OCH3 is 1. The number of anilines is 1. The minimum Gasteiger partial charge on any atom is -0.495 e. The van der Waals surface area contributed by atoms with Gasteiger partial charge in [-0.1, -0.05) is 18.2 Å². The van der Waals surface area contributed by atoms with Gasteiger partial charge >= 0.3 is 5.97 Å². The Labute approximate surface area is 156 Å². The first-order valence-electron chi connectivity index (χ1n) is 7.65. The molecule has 0 aliphatic heterocycles. The van der Waals surface area contributed by atoms with E-state index in [9.17, 15) is 18.0 Å². The van der Waals surface area contributed by atoms with E-state index >= 15 is 0 Å². The van der Waals surface area contributed by atoms with Crippen molar-refractivity contribution in [2.24, 2.45) is 5.73 Å². The van der Waals surface area contributed by atoms with E-state index in [-0.39, 0.29) is 21.9 Å². The highest BCUT2D eigenvalue weighted by Crippen LogP contribution is 2.31. The fraction of sp³-hybridized carbons (Fsp3) is 0.111. The first-order valence-corrected chi connectivity index (χ1v) is 9.09. The monoisotopic (exact) mass is 390 g/mol. The van der Waals surface area contributed by atoms with Gasteiger partial charge in [-0.15, -0.1) is 0 Å². The van der Waals surface area contributed by atoms with Crippen molar-refractivity contribution in [3.63, 3.8) is 0 Å². The first kappa shape index (κ1) is 20.0. The van der Waals surface area contributed by atoms with Crippen LogP contribution in [0.5, 0.6) is 5.75 Å². The number of amides is 1. The van der Waals surface area contributed by atoms with Crippen LogP contribution in [-0.4, -0.2) is 39.6 Å². The summed E-state index contributed by atoms with van der Waals surface area (Å²) in [6.07, 6.45) is 2.16. The van der Waals surface area contributed by atoms with Crippen molar-refractivity contribution in [2.45, 2.75) is 4.90 Å². The summed E-state index contributed by atoms with van der Waals surface area (Å²) in [7, 11) is -1.53. The van der Waals surface area contributed by atoms with Gasteiger partial charge in [0.15, 0.2) is 0 Å². The van der Waals surface area contributed by atoms with Crippen molar-refractivity contribution < 1.29 is 27.9 Å². The molecule has 0 fully saturated rings. The molecule has 0 radical (unpaired) electrons. The molecule has 142 valence electrons. The summed E-state index contributed by atoms with van der Waals surface area (Å²) < 4.78 is 32.3. The fourth-order valence-electron chi connectivity index (χ4n) is 2.40. The fourth-order valence-corrected chi connectivity index (χ4v) is 3.80. The Hall–Kier alpha value is -3.33. The van der Waals surface area contributed by atoms with E-state index in [1.54, 1.807) is 12.1 Å². The summed E-state index contributed by atoms with van der Waals surface area (Å²) in [5.41, 5.74) is 5.84. The molecule has 3 N–H and O–H groups in total. The molecule has 0 saturated heterocycles. The second-order valence-corrected chi connectivity index (χ2v) is 7.37. The Balaban J connectivity index is 2.60. The largest absolute Gasteiger partial charge is 0.495 e. The zero-order valence-electron chi connectivity index (χ0n) is 14.6. The van der Waals surface area contributed by atoms with Crippen molar-refractivity contribution in [2.75, 3.05) is 18.5 Å². The third kappa shape index (κ3) is 4.26. The number of carboxylic acid groups (broad SMARTS) is 1. The van der Waals surface area contributed by atoms with Gasteiger partial charge in [0, 0.05) is 13.1 Å². The lowest BCUT2D eigenvalue weighted by molar-refractivity contribution is -0.131. The van der Waals surface area contributed by atoms with Crippen molar-refractivity contribution >= 4 is 33.7 Å². The van der Waals surface area contributed by atoms with Crippen molar-refractivity contribution in [1.82, 2.24) is 0 Å².